The highest BCUT2D eigenvalue weighted by atomic mass is 31.0. The number of rotatable bonds is 10. The molecule has 6 unspecified atom stereocenters. The quantitative estimate of drug-likeness (QED) is 0.151. The molecular weight excluding hydrogens is 586 g/mol. The molecule has 2 heterocycles. The highest BCUT2D eigenvalue weighted by Crippen LogP contribution is 2.64. The van der Waals surface area contributed by atoms with Gasteiger partial charge in [-0.25, -0.2) is 0 Å². The lowest BCUT2D eigenvalue weighted by molar-refractivity contribution is -0.0275. The van der Waals surface area contributed by atoms with Crippen LogP contribution in [0.25, 0.3) is 0 Å². The molecule has 0 spiro atoms. The Morgan fingerprint density at radius 3 is 1.00 bits per heavy atom. The average Bonchev–Trinajstić information content (AvgIpc) is 3.95. The molecule has 6 atom stereocenters. The standard InChI is InChI=1S/C41H38O2P2/c1-5-15-32(16-6-1)40(33-17-7-2-8-18-33,42-38-23-13-25-44-38)36-28-31-27-30(36)29-37(31)41(34-19-9-3-10-20-34,35-21-11-4-12-22-35)43-39-24-14-26-45-39/h1-26,30-31,36-37,44-45H,27-29H2. The summed E-state index contributed by atoms with van der Waals surface area (Å²) in [5.41, 5.74) is 6.05. The summed E-state index contributed by atoms with van der Waals surface area (Å²) in [7, 11) is 1.12. The smallest absolute Gasteiger partial charge is 0.162 e. The molecule has 2 fully saturated rings. The SMILES string of the molecule is c1ccc(C(Oc2ccc[pH]2)(c2ccccc2)C2CC3CC2CC3C(Oc2ccc[pH]2)(c2ccccc2)c2ccccc2)cc1. The fourth-order valence-corrected chi connectivity index (χ4v) is 10.2. The number of ether oxygens (including phenoxy) is 2. The first kappa shape index (κ1) is 28.5. The van der Waals surface area contributed by atoms with Gasteiger partial charge in [0.05, 0.1) is 0 Å². The second-order valence-electron chi connectivity index (χ2n) is 12.6. The van der Waals surface area contributed by atoms with Crippen LogP contribution in [0.4, 0.5) is 0 Å². The number of benzene rings is 4. The third-order valence-corrected chi connectivity index (χ3v) is 12.2. The summed E-state index contributed by atoms with van der Waals surface area (Å²) >= 11 is 0. The van der Waals surface area contributed by atoms with Crippen LogP contribution in [-0.2, 0) is 11.2 Å². The van der Waals surface area contributed by atoms with Gasteiger partial charge in [0, 0.05) is 34.1 Å². The number of fused-ring (bicyclic) bond motifs is 2. The molecule has 0 N–H and O–H groups in total. The van der Waals surface area contributed by atoms with Crippen molar-refractivity contribution in [1.82, 2.24) is 0 Å². The van der Waals surface area contributed by atoms with Crippen LogP contribution in [0.3, 0.4) is 0 Å². The van der Waals surface area contributed by atoms with Gasteiger partial charge < -0.3 is 9.47 Å². The molecule has 0 saturated heterocycles. The lowest BCUT2D eigenvalue weighted by Gasteiger charge is -2.48. The molecule has 6 aromatic rings. The van der Waals surface area contributed by atoms with Crippen LogP contribution in [-0.4, -0.2) is 0 Å². The predicted molar refractivity (Wildman–Crippen MR) is 188 cm³/mol. The zero-order valence-corrected chi connectivity index (χ0v) is 27.3. The van der Waals surface area contributed by atoms with Crippen LogP contribution < -0.4 is 9.47 Å². The zero-order chi connectivity index (χ0) is 30.1. The summed E-state index contributed by atoms with van der Waals surface area (Å²) in [6.45, 7) is 0. The average molecular weight is 625 g/mol. The van der Waals surface area contributed by atoms with Gasteiger partial charge in [-0.2, -0.15) is 0 Å². The minimum absolute atomic E-state index is 0.341. The van der Waals surface area contributed by atoms with E-state index in [-0.39, 0.29) is 0 Å². The summed E-state index contributed by atoms with van der Waals surface area (Å²) < 4.78 is 14.7. The van der Waals surface area contributed by atoms with Crippen molar-refractivity contribution in [3.63, 3.8) is 0 Å². The van der Waals surface area contributed by atoms with Gasteiger partial charge in [-0.15, -0.1) is 0 Å². The van der Waals surface area contributed by atoms with Crippen molar-refractivity contribution >= 4 is 16.4 Å². The van der Waals surface area contributed by atoms with Crippen molar-refractivity contribution in [1.29, 1.82) is 0 Å². The van der Waals surface area contributed by atoms with E-state index in [1.54, 1.807) is 0 Å². The summed E-state index contributed by atoms with van der Waals surface area (Å²) in [6, 6.07) is 52.7. The van der Waals surface area contributed by atoms with Gasteiger partial charge in [0.2, 0.25) is 0 Å². The van der Waals surface area contributed by atoms with E-state index in [1.165, 1.54) is 28.7 Å². The maximum absolute atomic E-state index is 7.37. The van der Waals surface area contributed by atoms with Crippen molar-refractivity contribution in [3.05, 3.63) is 179 Å². The molecule has 0 aliphatic heterocycles. The number of hydrogen-bond donors (Lipinski definition) is 0. The fourth-order valence-electron chi connectivity index (χ4n) is 8.69. The van der Waals surface area contributed by atoms with Crippen LogP contribution >= 0.6 is 16.4 Å². The fraction of sp³-hybridized carbons (Fsp3) is 0.220. The van der Waals surface area contributed by atoms with Crippen molar-refractivity contribution in [2.24, 2.45) is 23.7 Å². The third-order valence-electron chi connectivity index (χ3n) is 10.4. The topological polar surface area (TPSA) is 18.5 Å². The van der Waals surface area contributed by atoms with Gasteiger partial charge in [-0.1, -0.05) is 150 Å². The van der Waals surface area contributed by atoms with Gasteiger partial charge >= 0.3 is 0 Å². The lowest BCUT2D eigenvalue weighted by Crippen LogP contribution is -2.49. The maximum Gasteiger partial charge on any atom is 0.162 e. The van der Waals surface area contributed by atoms with E-state index in [1.807, 2.05) is 0 Å². The molecular formula is C41H38O2P2. The molecule has 45 heavy (non-hydrogen) atoms. The second kappa shape index (κ2) is 12.1. The Labute approximate surface area is 269 Å². The first-order valence-electron chi connectivity index (χ1n) is 16.1. The minimum atomic E-state index is -0.556. The molecule has 2 bridgehead atoms. The number of hydrogen-bond acceptors (Lipinski definition) is 2. The molecule has 4 heteroatoms. The summed E-state index contributed by atoms with van der Waals surface area (Å²) in [4.78, 5) is 0. The Morgan fingerprint density at radius 2 is 0.733 bits per heavy atom. The summed E-state index contributed by atoms with van der Waals surface area (Å²) in [5, 5.41) is 0. The monoisotopic (exact) mass is 624 g/mol. The van der Waals surface area contributed by atoms with Crippen LogP contribution in [0.1, 0.15) is 41.5 Å². The lowest BCUT2D eigenvalue weighted by atomic mass is 9.63. The molecule has 4 aromatic carbocycles. The van der Waals surface area contributed by atoms with E-state index in [4.69, 9.17) is 9.47 Å². The third kappa shape index (κ3) is 4.96. The van der Waals surface area contributed by atoms with Crippen molar-refractivity contribution < 1.29 is 9.47 Å². The Kier molecular flexibility index (Phi) is 7.66. The van der Waals surface area contributed by atoms with Crippen LogP contribution in [0.15, 0.2) is 157 Å². The van der Waals surface area contributed by atoms with E-state index in [9.17, 15) is 0 Å². The zero-order valence-electron chi connectivity index (χ0n) is 25.3. The first-order chi connectivity index (χ1) is 22.3. The molecule has 2 saturated carbocycles. The van der Waals surface area contributed by atoms with Crippen molar-refractivity contribution in [3.8, 4) is 11.0 Å². The molecule has 2 aliphatic carbocycles. The Hall–Kier alpha value is -3.96. The molecule has 0 amide bonds. The predicted octanol–water partition coefficient (Wildman–Crippen LogP) is 10.8. The van der Waals surface area contributed by atoms with Crippen LogP contribution in [0.5, 0.6) is 11.0 Å². The van der Waals surface area contributed by atoms with Gasteiger partial charge in [0.1, 0.15) is 11.0 Å². The van der Waals surface area contributed by atoms with E-state index in [0.29, 0.717) is 40.1 Å². The van der Waals surface area contributed by atoms with Gasteiger partial charge in [-0.05, 0) is 54.8 Å². The van der Waals surface area contributed by atoms with E-state index in [0.717, 1.165) is 23.8 Å². The Morgan fingerprint density at radius 1 is 0.400 bits per heavy atom. The van der Waals surface area contributed by atoms with Crippen LogP contribution in [0.2, 0.25) is 0 Å². The summed E-state index contributed by atoms with van der Waals surface area (Å²) in [5.74, 6) is 6.12. The highest BCUT2D eigenvalue weighted by molar-refractivity contribution is 7.32. The molecule has 2 nitrogen and oxygen atoms in total. The van der Waals surface area contributed by atoms with E-state index < -0.39 is 11.2 Å². The van der Waals surface area contributed by atoms with E-state index in [2.05, 4.69) is 157 Å². The van der Waals surface area contributed by atoms with Gasteiger partial charge in [0.15, 0.2) is 11.2 Å². The normalized spacial score (nSPS) is 21.4. The molecule has 0 radical (unpaired) electrons. The van der Waals surface area contributed by atoms with Gasteiger partial charge in [-0.3, -0.25) is 0 Å². The first-order valence-corrected chi connectivity index (χ1v) is 18.3. The maximum atomic E-state index is 7.37. The molecule has 224 valence electrons. The minimum Gasteiger partial charge on any atom is -0.474 e. The Bertz CT molecular complexity index is 1570. The highest BCUT2D eigenvalue weighted by Gasteiger charge is 2.62. The molecule has 8 rings (SSSR count). The van der Waals surface area contributed by atoms with Gasteiger partial charge in [0.25, 0.3) is 0 Å². The Balaban J connectivity index is 1.26. The van der Waals surface area contributed by atoms with E-state index >= 15 is 0 Å². The molecule has 2 aliphatic rings. The second-order valence-corrected chi connectivity index (χ2v) is 14.9. The van der Waals surface area contributed by atoms with Crippen LogP contribution in [0, 0.1) is 23.7 Å². The largest absolute Gasteiger partial charge is 0.474 e. The molecule has 2 aromatic heterocycles. The van der Waals surface area contributed by atoms with Crippen molar-refractivity contribution in [2.75, 3.05) is 0 Å². The van der Waals surface area contributed by atoms with Crippen molar-refractivity contribution in [2.45, 2.75) is 30.5 Å². The summed E-state index contributed by atoms with van der Waals surface area (Å²) in [6.07, 6.45) is 3.37.